The molecule has 1 heterocycles. The van der Waals surface area contributed by atoms with Crippen molar-refractivity contribution in [2.24, 2.45) is 5.10 Å². The fraction of sp³-hybridized carbons (Fsp3) is 0.0526. The van der Waals surface area contributed by atoms with Gasteiger partial charge >= 0.3 is 0 Å². The number of thiophene rings is 1. The SMILES string of the molecule is Cc1c(S(=O)(=O)c2ccc(Cl)cc2)csc1C(=O)NN=Cc1ccccc1Cl. The molecule has 5 nitrogen and oxygen atoms in total. The molecule has 144 valence electrons. The number of halogens is 2. The van der Waals surface area contributed by atoms with E-state index in [9.17, 15) is 13.2 Å². The summed E-state index contributed by atoms with van der Waals surface area (Å²) >= 11 is 12.9. The second-order valence-electron chi connectivity index (χ2n) is 5.73. The predicted molar refractivity (Wildman–Crippen MR) is 112 cm³/mol. The van der Waals surface area contributed by atoms with Crippen LogP contribution in [0.2, 0.25) is 10.0 Å². The number of carbonyl (C=O) groups excluding carboxylic acids is 1. The first-order valence-corrected chi connectivity index (χ1v) is 11.1. The molecule has 2 aromatic carbocycles. The Morgan fingerprint density at radius 3 is 2.46 bits per heavy atom. The van der Waals surface area contributed by atoms with Crippen LogP contribution in [0, 0.1) is 6.92 Å². The number of sulfone groups is 1. The van der Waals surface area contributed by atoms with E-state index in [2.05, 4.69) is 10.5 Å². The van der Waals surface area contributed by atoms with Crippen LogP contribution in [0.1, 0.15) is 20.8 Å². The van der Waals surface area contributed by atoms with Crippen molar-refractivity contribution in [3.8, 4) is 0 Å². The largest absolute Gasteiger partial charge is 0.281 e. The summed E-state index contributed by atoms with van der Waals surface area (Å²) in [4.78, 5) is 12.9. The fourth-order valence-electron chi connectivity index (χ4n) is 2.42. The topological polar surface area (TPSA) is 75.6 Å². The monoisotopic (exact) mass is 452 g/mol. The number of benzene rings is 2. The zero-order chi connectivity index (χ0) is 20.3. The van der Waals surface area contributed by atoms with Gasteiger partial charge in [0.2, 0.25) is 9.84 Å². The van der Waals surface area contributed by atoms with Crippen molar-refractivity contribution in [3.63, 3.8) is 0 Å². The first-order valence-electron chi connectivity index (χ1n) is 7.97. The molecule has 0 atom stereocenters. The second-order valence-corrected chi connectivity index (χ2v) is 9.37. The average Bonchev–Trinajstić information content (AvgIpc) is 3.06. The number of hydrazone groups is 1. The van der Waals surface area contributed by atoms with E-state index in [1.807, 2.05) is 0 Å². The molecule has 0 saturated heterocycles. The fourth-order valence-corrected chi connectivity index (χ4v) is 5.54. The molecule has 3 rings (SSSR count). The van der Waals surface area contributed by atoms with Gasteiger partial charge in [0.15, 0.2) is 0 Å². The number of amides is 1. The molecule has 1 aromatic heterocycles. The lowest BCUT2D eigenvalue weighted by molar-refractivity contribution is 0.0958. The zero-order valence-electron chi connectivity index (χ0n) is 14.5. The Morgan fingerprint density at radius 2 is 1.79 bits per heavy atom. The number of nitrogens with zero attached hydrogens (tertiary/aromatic N) is 1. The number of hydrogen-bond acceptors (Lipinski definition) is 5. The van der Waals surface area contributed by atoms with Crippen LogP contribution >= 0.6 is 34.5 Å². The van der Waals surface area contributed by atoms with Gasteiger partial charge in [0.25, 0.3) is 5.91 Å². The molecule has 0 aliphatic rings. The maximum atomic E-state index is 12.8. The number of carbonyl (C=O) groups is 1. The van der Waals surface area contributed by atoms with Crippen LogP contribution in [-0.4, -0.2) is 20.5 Å². The van der Waals surface area contributed by atoms with Gasteiger partial charge in [-0.15, -0.1) is 11.3 Å². The van der Waals surface area contributed by atoms with Crippen LogP contribution in [0.5, 0.6) is 0 Å². The summed E-state index contributed by atoms with van der Waals surface area (Å²) in [7, 11) is -3.75. The lowest BCUT2D eigenvalue weighted by Gasteiger charge is -2.05. The molecule has 9 heteroatoms. The van der Waals surface area contributed by atoms with E-state index in [0.29, 0.717) is 21.2 Å². The highest BCUT2D eigenvalue weighted by Gasteiger charge is 2.25. The van der Waals surface area contributed by atoms with Crippen LogP contribution in [0.4, 0.5) is 0 Å². The second kappa shape index (κ2) is 8.45. The van der Waals surface area contributed by atoms with Crippen LogP contribution in [-0.2, 0) is 9.84 Å². The van der Waals surface area contributed by atoms with Crippen LogP contribution in [0.25, 0.3) is 0 Å². The van der Waals surface area contributed by atoms with Gasteiger partial charge in [0, 0.05) is 21.0 Å². The summed E-state index contributed by atoms with van der Waals surface area (Å²) in [5.41, 5.74) is 3.41. The van der Waals surface area contributed by atoms with Crippen molar-refractivity contribution < 1.29 is 13.2 Å². The molecule has 0 radical (unpaired) electrons. The highest BCUT2D eigenvalue weighted by Crippen LogP contribution is 2.31. The van der Waals surface area contributed by atoms with E-state index in [4.69, 9.17) is 23.2 Å². The highest BCUT2D eigenvalue weighted by atomic mass is 35.5. The maximum absolute atomic E-state index is 12.8. The number of nitrogens with one attached hydrogen (secondary N) is 1. The summed E-state index contributed by atoms with van der Waals surface area (Å²) in [6.45, 7) is 1.59. The molecule has 0 spiro atoms. The number of hydrogen-bond donors (Lipinski definition) is 1. The summed E-state index contributed by atoms with van der Waals surface area (Å²) in [5.74, 6) is -0.497. The molecule has 0 aliphatic carbocycles. The van der Waals surface area contributed by atoms with Crippen molar-refractivity contribution in [2.45, 2.75) is 16.7 Å². The lowest BCUT2D eigenvalue weighted by atomic mass is 10.2. The smallest absolute Gasteiger partial charge is 0.266 e. The average molecular weight is 453 g/mol. The molecule has 1 N–H and O–H groups in total. The lowest BCUT2D eigenvalue weighted by Crippen LogP contribution is -2.17. The molecule has 1 amide bonds. The summed E-state index contributed by atoms with van der Waals surface area (Å²) in [6.07, 6.45) is 1.43. The first kappa shape index (κ1) is 20.5. The normalized spacial score (nSPS) is 11.7. The van der Waals surface area contributed by atoms with E-state index >= 15 is 0 Å². The molecule has 0 fully saturated rings. The Bertz CT molecular complexity index is 1150. The molecule has 0 bridgehead atoms. The van der Waals surface area contributed by atoms with E-state index in [-0.39, 0.29) is 14.7 Å². The Labute approximate surface area is 176 Å². The Hall–Kier alpha value is -2.19. The van der Waals surface area contributed by atoms with Crippen LogP contribution in [0.3, 0.4) is 0 Å². The third-order valence-corrected chi connectivity index (χ3v) is 7.61. The van der Waals surface area contributed by atoms with E-state index in [1.54, 1.807) is 31.2 Å². The van der Waals surface area contributed by atoms with Gasteiger partial charge in [-0.25, -0.2) is 13.8 Å². The van der Waals surface area contributed by atoms with Crippen molar-refractivity contribution in [1.82, 2.24) is 5.43 Å². The van der Waals surface area contributed by atoms with Crippen LogP contribution in [0.15, 0.2) is 68.8 Å². The minimum absolute atomic E-state index is 0.0834. The van der Waals surface area contributed by atoms with Gasteiger partial charge in [-0.05, 0) is 42.8 Å². The van der Waals surface area contributed by atoms with Gasteiger partial charge in [0.05, 0.1) is 20.9 Å². The Kier molecular flexibility index (Phi) is 6.20. The first-order chi connectivity index (χ1) is 13.3. The maximum Gasteiger partial charge on any atom is 0.281 e. The zero-order valence-corrected chi connectivity index (χ0v) is 17.7. The molecule has 28 heavy (non-hydrogen) atoms. The van der Waals surface area contributed by atoms with E-state index in [1.165, 1.54) is 35.9 Å². The van der Waals surface area contributed by atoms with Crippen molar-refractivity contribution in [3.05, 3.63) is 80.0 Å². The molecular formula is C19H14Cl2N2O3S2. The molecule has 3 aromatic rings. The standard InChI is InChI=1S/C19H14Cl2N2O3S2/c1-12-17(28(25,26)15-8-6-14(20)7-9-15)11-27-18(12)19(24)23-22-10-13-4-2-3-5-16(13)21/h2-11H,1H3,(H,23,24). The van der Waals surface area contributed by atoms with Gasteiger partial charge in [-0.2, -0.15) is 5.10 Å². The van der Waals surface area contributed by atoms with Gasteiger partial charge in [-0.1, -0.05) is 41.4 Å². The quantitative estimate of drug-likeness (QED) is 0.438. The molecule has 0 unspecified atom stereocenters. The van der Waals surface area contributed by atoms with Crippen molar-refractivity contribution in [1.29, 1.82) is 0 Å². The molecule has 0 aliphatic heterocycles. The summed E-state index contributed by atoms with van der Waals surface area (Å²) < 4.78 is 25.7. The van der Waals surface area contributed by atoms with E-state index in [0.717, 1.165) is 11.3 Å². The third-order valence-electron chi connectivity index (χ3n) is 3.89. The minimum Gasteiger partial charge on any atom is -0.266 e. The number of rotatable bonds is 5. The summed E-state index contributed by atoms with van der Waals surface area (Å²) in [6, 6.07) is 12.9. The predicted octanol–water partition coefficient (Wildman–Crippen LogP) is 4.96. The van der Waals surface area contributed by atoms with Crippen LogP contribution < -0.4 is 5.43 Å². The van der Waals surface area contributed by atoms with Crippen molar-refractivity contribution >= 4 is 56.5 Å². The minimum atomic E-state index is -3.75. The van der Waals surface area contributed by atoms with Gasteiger partial charge < -0.3 is 0 Å². The molecule has 0 saturated carbocycles. The Balaban J connectivity index is 1.81. The third kappa shape index (κ3) is 4.28. The van der Waals surface area contributed by atoms with Gasteiger partial charge in [0.1, 0.15) is 0 Å². The summed E-state index contributed by atoms with van der Waals surface area (Å²) in [5, 5.41) is 6.29. The molecular weight excluding hydrogens is 439 g/mol. The van der Waals surface area contributed by atoms with E-state index < -0.39 is 15.7 Å². The van der Waals surface area contributed by atoms with Crippen molar-refractivity contribution in [2.75, 3.05) is 0 Å². The highest BCUT2D eigenvalue weighted by molar-refractivity contribution is 7.91. The van der Waals surface area contributed by atoms with Gasteiger partial charge in [-0.3, -0.25) is 4.79 Å². The Morgan fingerprint density at radius 1 is 1.11 bits per heavy atom.